The Morgan fingerprint density at radius 2 is 1.95 bits per heavy atom. The summed E-state index contributed by atoms with van der Waals surface area (Å²) < 4.78 is 53.6. The van der Waals surface area contributed by atoms with Crippen LogP contribution >= 0.6 is 0 Å². The highest BCUT2D eigenvalue weighted by atomic mass is 19.4. The number of carbonyl (C=O) groups is 2. The van der Waals surface area contributed by atoms with Crippen molar-refractivity contribution in [2.75, 3.05) is 0 Å². The molecule has 0 unspecified atom stereocenters. The maximum absolute atomic E-state index is 12.8. The van der Waals surface area contributed by atoms with E-state index in [0.29, 0.717) is 0 Å². The number of nitrogens with zero attached hydrogens (tertiary/aromatic N) is 1. The molecule has 0 spiro atoms. The second-order valence-corrected chi connectivity index (χ2v) is 3.65. The third-order valence-corrected chi connectivity index (χ3v) is 2.23. The van der Waals surface area contributed by atoms with Crippen molar-refractivity contribution in [1.82, 2.24) is 4.98 Å². The monoisotopic (exact) mass is 275 g/mol. The Labute approximate surface area is 103 Å². The molecule has 0 amide bonds. The van der Waals surface area contributed by atoms with Crippen molar-refractivity contribution in [3.8, 4) is 0 Å². The van der Waals surface area contributed by atoms with Crippen molar-refractivity contribution in [3.05, 3.63) is 29.9 Å². The number of ketones is 2. The Hall–Kier alpha value is -2.25. The number of carbonyl (C=O) groups excluding carboxylic acids is 2. The van der Waals surface area contributed by atoms with E-state index in [1.807, 2.05) is 0 Å². The van der Waals surface area contributed by atoms with Crippen LogP contribution in [0.25, 0.3) is 11.1 Å². The molecule has 1 aromatic heterocycles. The van der Waals surface area contributed by atoms with E-state index in [-0.39, 0.29) is 11.1 Å². The molecule has 0 atom stereocenters. The minimum atomic E-state index is -5.09. The van der Waals surface area contributed by atoms with E-state index < -0.39 is 35.9 Å². The van der Waals surface area contributed by atoms with Gasteiger partial charge in [0.1, 0.15) is 11.3 Å². The predicted molar refractivity (Wildman–Crippen MR) is 54.0 cm³/mol. The standard InChI is InChI=1S/C11H5F4NO3/c12-5-1-2-6-8(3-5)19-10(16-6)7(17)4-9(18)11(13,14)15/h1-3H,4H2. The topological polar surface area (TPSA) is 60.2 Å². The van der Waals surface area contributed by atoms with E-state index in [2.05, 4.69) is 4.98 Å². The van der Waals surface area contributed by atoms with Crippen molar-refractivity contribution in [2.45, 2.75) is 12.6 Å². The van der Waals surface area contributed by atoms with Crippen LogP contribution in [0.3, 0.4) is 0 Å². The molecule has 0 fully saturated rings. The number of Topliss-reactive ketones (excluding diaryl/α,β-unsaturated/α-hetero) is 2. The number of fused-ring (bicyclic) bond motifs is 1. The summed E-state index contributed by atoms with van der Waals surface area (Å²) in [5.74, 6) is -4.70. The van der Waals surface area contributed by atoms with Crippen LogP contribution in [0.1, 0.15) is 17.1 Å². The lowest BCUT2D eigenvalue weighted by atomic mass is 10.2. The van der Waals surface area contributed by atoms with Crippen LogP contribution in [0.2, 0.25) is 0 Å². The first kappa shape index (κ1) is 13.2. The molecule has 0 radical (unpaired) electrons. The fraction of sp³-hybridized carbons (Fsp3) is 0.182. The number of hydrogen-bond donors (Lipinski definition) is 0. The lowest BCUT2D eigenvalue weighted by Crippen LogP contribution is -2.25. The maximum atomic E-state index is 12.8. The molecule has 1 heterocycles. The van der Waals surface area contributed by atoms with Crippen LogP contribution in [0.5, 0.6) is 0 Å². The molecule has 19 heavy (non-hydrogen) atoms. The zero-order valence-corrected chi connectivity index (χ0v) is 9.12. The van der Waals surface area contributed by atoms with Gasteiger partial charge in [0.05, 0.1) is 6.42 Å². The molecule has 4 nitrogen and oxygen atoms in total. The van der Waals surface area contributed by atoms with Gasteiger partial charge in [0.2, 0.25) is 11.6 Å². The summed E-state index contributed by atoms with van der Waals surface area (Å²) in [4.78, 5) is 25.6. The summed E-state index contributed by atoms with van der Waals surface area (Å²) >= 11 is 0. The highest BCUT2D eigenvalue weighted by molar-refractivity contribution is 6.08. The summed E-state index contributed by atoms with van der Waals surface area (Å²) in [5, 5.41) is 0. The maximum Gasteiger partial charge on any atom is 0.450 e. The van der Waals surface area contributed by atoms with Gasteiger partial charge < -0.3 is 4.42 Å². The normalized spacial score (nSPS) is 11.8. The second kappa shape index (κ2) is 4.45. The third-order valence-electron chi connectivity index (χ3n) is 2.23. The van der Waals surface area contributed by atoms with E-state index >= 15 is 0 Å². The van der Waals surface area contributed by atoms with Gasteiger partial charge in [0.25, 0.3) is 5.89 Å². The molecule has 100 valence electrons. The summed E-state index contributed by atoms with van der Waals surface area (Å²) in [7, 11) is 0. The second-order valence-electron chi connectivity index (χ2n) is 3.65. The molecule has 0 bridgehead atoms. The summed E-state index contributed by atoms with van der Waals surface area (Å²) in [5.41, 5.74) is 0.0343. The van der Waals surface area contributed by atoms with Gasteiger partial charge in [-0.3, -0.25) is 9.59 Å². The van der Waals surface area contributed by atoms with Crippen LogP contribution in [0.4, 0.5) is 17.6 Å². The Morgan fingerprint density at radius 1 is 1.26 bits per heavy atom. The van der Waals surface area contributed by atoms with Crippen LogP contribution in [0.15, 0.2) is 22.6 Å². The SMILES string of the molecule is O=C(CC(=O)C(F)(F)F)c1nc2ccc(F)cc2o1. The molecule has 0 N–H and O–H groups in total. The molecule has 2 rings (SSSR count). The average Bonchev–Trinajstić information content (AvgIpc) is 2.70. The highest BCUT2D eigenvalue weighted by Gasteiger charge is 2.40. The van der Waals surface area contributed by atoms with Gasteiger partial charge in [-0.15, -0.1) is 0 Å². The quantitative estimate of drug-likeness (QED) is 0.491. The number of benzene rings is 1. The molecule has 0 aliphatic heterocycles. The number of aromatic nitrogens is 1. The van der Waals surface area contributed by atoms with E-state index in [9.17, 15) is 27.2 Å². The van der Waals surface area contributed by atoms with Gasteiger partial charge in [0.15, 0.2) is 5.58 Å². The van der Waals surface area contributed by atoms with Gasteiger partial charge in [-0.05, 0) is 12.1 Å². The number of hydrogen-bond acceptors (Lipinski definition) is 4. The van der Waals surface area contributed by atoms with Crippen molar-refractivity contribution in [2.24, 2.45) is 0 Å². The van der Waals surface area contributed by atoms with Crippen molar-refractivity contribution >= 4 is 22.7 Å². The molecular weight excluding hydrogens is 270 g/mol. The zero-order valence-electron chi connectivity index (χ0n) is 9.12. The summed E-state index contributed by atoms with van der Waals surface area (Å²) in [6.45, 7) is 0. The Bertz CT molecular complexity index is 659. The van der Waals surface area contributed by atoms with Crippen LogP contribution < -0.4 is 0 Å². The average molecular weight is 275 g/mol. The van der Waals surface area contributed by atoms with Gasteiger partial charge in [-0.25, -0.2) is 9.37 Å². The first-order valence-electron chi connectivity index (χ1n) is 4.96. The largest absolute Gasteiger partial charge is 0.450 e. The molecule has 0 aliphatic carbocycles. The Morgan fingerprint density at radius 3 is 2.58 bits per heavy atom. The number of rotatable bonds is 3. The first-order chi connectivity index (χ1) is 8.77. The molecule has 0 aliphatic rings. The summed E-state index contributed by atoms with van der Waals surface area (Å²) in [6.07, 6.45) is -6.48. The minimum absolute atomic E-state index is 0.0807. The minimum Gasteiger partial charge on any atom is -0.434 e. The molecule has 2 aromatic rings. The van der Waals surface area contributed by atoms with Crippen molar-refractivity contribution in [1.29, 1.82) is 0 Å². The fourth-order valence-corrected chi connectivity index (χ4v) is 1.34. The Kier molecular flexibility index (Phi) is 3.09. The van der Waals surface area contributed by atoms with Gasteiger partial charge in [-0.2, -0.15) is 13.2 Å². The zero-order chi connectivity index (χ0) is 14.2. The third kappa shape index (κ3) is 2.78. The lowest BCUT2D eigenvalue weighted by molar-refractivity contribution is -0.170. The van der Waals surface area contributed by atoms with Gasteiger partial charge in [-0.1, -0.05) is 0 Å². The highest BCUT2D eigenvalue weighted by Crippen LogP contribution is 2.21. The lowest BCUT2D eigenvalue weighted by Gasteiger charge is -2.01. The van der Waals surface area contributed by atoms with Crippen LogP contribution in [0, 0.1) is 5.82 Å². The van der Waals surface area contributed by atoms with Crippen molar-refractivity contribution in [3.63, 3.8) is 0 Å². The molecule has 0 saturated carbocycles. The molecule has 1 aromatic carbocycles. The predicted octanol–water partition coefficient (Wildman–Crippen LogP) is 2.67. The summed E-state index contributed by atoms with van der Waals surface area (Å²) in [6, 6.07) is 3.20. The van der Waals surface area contributed by atoms with Crippen LogP contribution in [-0.2, 0) is 4.79 Å². The molecule has 8 heteroatoms. The van der Waals surface area contributed by atoms with Crippen LogP contribution in [-0.4, -0.2) is 22.7 Å². The van der Waals surface area contributed by atoms with E-state index in [0.717, 1.165) is 12.1 Å². The van der Waals surface area contributed by atoms with Gasteiger partial charge >= 0.3 is 6.18 Å². The van der Waals surface area contributed by atoms with E-state index in [4.69, 9.17) is 4.42 Å². The van der Waals surface area contributed by atoms with E-state index in [1.54, 1.807) is 0 Å². The van der Waals surface area contributed by atoms with Gasteiger partial charge in [0, 0.05) is 6.07 Å². The number of alkyl halides is 3. The fourth-order valence-electron chi connectivity index (χ4n) is 1.34. The number of oxazole rings is 1. The molecule has 0 saturated heterocycles. The first-order valence-corrected chi connectivity index (χ1v) is 4.96. The van der Waals surface area contributed by atoms with Crippen molar-refractivity contribution < 1.29 is 31.6 Å². The van der Waals surface area contributed by atoms with E-state index in [1.165, 1.54) is 6.07 Å². The Balaban J connectivity index is 2.25. The number of halogens is 4. The smallest absolute Gasteiger partial charge is 0.434 e. The molecular formula is C11H5F4NO3.